The zero-order valence-electron chi connectivity index (χ0n) is 12.6. The highest BCUT2D eigenvalue weighted by Crippen LogP contribution is 2.32. The van der Waals surface area contributed by atoms with Gasteiger partial charge in [0.2, 0.25) is 0 Å². The minimum absolute atomic E-state index is 0.284. The molecule has 1 N–H and O–H groups in total. The van der Waals surface area contributed by atoms with Gasteiger partial charge in [0, 0.05) is 6.04 Å². The van der Waals surface area contributed by atoms with Gasteiger partial charge in [0.25, 0.3) is 0 Å². The Kier molecular flexibility index (Phi) is 4.48. The van der Waals surface area contributed by atoms with Crippen molar-refractivity contribution in [2.75, 3.05) is 20.3 Å². The van der Waals surface area contributed by atoms with Crippen LogP contribution >= 0.6 is 0 Å². The number of benzene rings is 1. The van der Waals surface area contributed by atoms with E-state index in [-0.39, 0.29) is 6.04 Å². The predicted molar refractivity (Wildman–Crippen MR) is 78.0 cm³/mol. The third kappa shape index (κ3) is 3.10. The third-order valence-electron chi connectivity index (χ3n) is 3.75. The number of hydrogen-bond donors (Lipinski definition) is 1. The summed E-state index contributed by atoms with van der Waals surface area (Å²) in [5.74, 6) is 1.44. The molecule has 3 heteroatoms. The molecular formula is C16H25NO2. The molecule has 1 saturated heterocycles. The lowest BCUT2D eigenvalue weighted by molar-refractivity contribution is 0.0502. The van der Waals surface area contributed by atoms with E-state index < -0.39 is 0 Å². The minimum atomic E-state index is 0.284. The zero-order chi connectivity index (χ0) is 14.0. The van der Waals surface area contributed by atoms with E-state index in [9.17, 15) is 0 Å². The first-order valence-corrected chi connectivity index (χ1v) is 7.05. The van der Waals surface area contributed by atoms with E-state index in [2.05, 4.69) is 45.1 Å². The van der Waals surface area contributed by atoms with Gasteiger partial charge in [-0.1, -0.05) is 13.8 Å². The number of methoxy groups -OCH3 is 1. The number of nitrogens with one attached hydrogen (secondary N) is 1. The lowest BCUT2D eigenvalue weighted by Gasteiger charge is -2.31. The van der Waals surface area contributed by atoms with Crippen LogP contribution < -0.4 is 10.1 Å². The Morgan fingerprint density at radius 2 is 2.05 bits per heavy atom. The maximum absolute atomic E-state index is 5.67. The van der Waals surface area contributed by atoms with Gasteiger partial charge in [0.15, 0.2) is 0 Å². The molecule has 2 unspecified atom stereocenters. The van der Waals surface area contributed by atoms with Gasteiger partial charge < -0.3 is 14.8 Å². The van der Waals surface area contributed by atoms with Crippen molar-refractivity contribution >= 4 is 0 Å². The highest BCUT2D eigenvalue weighted by atomic mass is 16.5. The van der Waals surface area contributed by atoms with Crippen molar-refractivity contribution < 1.29 is 9.47 Å². The smallest absolute Gasteiger partial charge is 0.122 e. The van der Waals surface area contributed by atoms with Crippen molar-refractivity contribution in [3.05, 3.63) is 28.8 Å². The first kappa shape index (κ1) is 14.4. The van der Waals surface area contributed by atoms with Crippen LogP contribution in [0.15, 0.2) is 12.1 Å². The summed E-state index contributed by atoms with van der Waals surface area (Å²) in [6.07, 6.45) is 0. The Hall–Kier alpha value is -1.06. The summed E-state index contributed by atoms with van der Waals surface area (Å²) in [5, 5.41) is 3.61. The van der Waals surface area contributed by atoms with Crippen LogP contribution in [0.4, 0.5) is 0 Å². The number of rotatable bonds is 3. The van der Waals surface area contributed by atoms with Crippen molar-refractivity contribution in [1.29, 1.82) is 0 Å². The van der Waals surface area contributed by atoms with Crippen molar-refractivity contribution in [3.63, 3.8) is 0 Å². The molecule has 1 aromatic rings. The maximum atomic E-state index is 5.67. The highest BCUT2D eigenvalue weighted by molar-refractivity contribution is 5.45. The van der Waals surface area contributed by atoms with Crippen molar-refractivity contribution in [1.82, 2.24) is 5.32 Å². The largest absolute Gasteiger partial charge is 0.496 e. The standard InChI is InChI=1S/C16H25NO2/c1-10(2)13-7-14(11(3)6-16(13)18-5)15-9-19-8-12(4)17-15/h6-7,10,12,15,17H,8-9H2,1-5H3. The summed E-state index contributed by atoms with van der Waals surface area (Å²) in [4.78, 5) is 0. The van der Waals surface area contributed by atoms with Gasteiger partial charge in [0.05, 0.1) is 26.4 Å². The third-order valence-corrected chi connectivity index (χ3v) is 3.75. The zero-order valence-corrected chi connectivity index (χ0v) is 12.6. The molecule has 1 aliphatic heterocycles. The summed E-state index contributed by atoms with van der Waals surface area (Å²) in [6.45, 7) is 10.2. The Bertz CT molecular complexity index is 443. The molecular weight excluding hydrogens is 238 g/mol. The quantitative estimate of drug-likeness (QED) is 0.908. The van der Waals surface area contributed by atoms with Crippen LogP contribution in [0.3, 0.4) is 0 Å². The van der Waals surface area contributed by atoms with E-state index in [1.54, 1.807) is 7.11 Å². The second-order valence-corrected chi connectivity index (χ2v) is 5.76. The summed E-state index contributed by atoms with van der Waals surface area (Å²) < 4.78 is 11.2. The van der Waals surface area contributed by atoms with E-state index in [1.165, 1.54) is 16.7 Å². The lowest BCUT2D eigenvalue weighted by atomic mass is 9.92. The topological polar surface area (TPSA) is 30.5 Å². The van der Waals surface area contributed by atoms with Gasteiger partial charge in [-0.15, -0.1) is 0 Å². The van der Waals surface area contributed by atoms with Crippen molar-refractivity contribution in [3.8, 4) is 5.75 Å². The molecule has 0 saturated carbocycles. The van der Waals surface area contributed by atoms with Crippen LogP contribution in [-0.4, -0.2) is 26.4 Å². The van der Waals surface area contributed by atoms with Crippen molar-refractivity contribution in [2.45, 2.75) is 45.7 Å². The Morgan fingerprint density at radius 1 is 1.32 bits per heavy atom. The van der Waals surface area contributed by atoms with Gasteiger partial charge in [-0.2, -0.15) is 0 Å². The molecule has 106 valence electrons. The number of morpholine rings is 1. The summed E-state index contributed by atoms with van der Waals surface area (Å²) in [5.41, 5.74) is 3.86. The SMILES string of the molecule is COc1cc(C)c(C2COCC(C)N2)cc1C(C)C. The predicted octanol–water partition coefficient (Wildman–Crippen LogP) is 3.18. The fraction of sp³-hybridized carbons (Fsp3) is 0.625. The molecule has 0 radical (unpaired) electrons. The monoisotopic (exact) mass is 263 g/mol. The molecule has 0 bridgehead atoms. The van der Waals surface area contributed by atoms with Crippen molar-refractivity contribution in [2.24, 2.45) is 0 Å². The molecule has 1 aliphatic rings. The van der Waals surface area contributed by atoms with Crippen LogP contribution in [0.5, 0.6) is 5.75 Å². The average Bonchev–Trinajstić information content (AvgIpc) is 2.37. The number of aryl methyl sites for hydroxylation is 1. The van der Waals surface area contributed by atoms with Crippen LogP contribution in [0, 0.1) is 6.92 Å². The van der Waals surface area contributed by atoms with Gasteiger partial charge in [0.1, 0.15) is 5.75 Å². The normalized spacial score (nSPS) is 23.7. The van der Waals surface area contributed by atoms with E-state index in [0.29, 0.717) is 12.0 Å². The van der Waals surface area contributed by atoms with E-state index in [4.69, 9.17) is 9.47 Å². The molecule has 3 nitrogen and oxygen atoms in total. The summed E-state index contributed by atoms with van der Waals surface area (Å²) in [6, 6.07) is 5.11. The molecule has 0 amide bonds. The van der Waals surface area contributed by atoms with E-state index in [1.807, 2.05) is 0 Å². The second kappa shape index (κ2) is 5.93. The summed E-state index contributed by atoms with van der Waals surface area (Å²) >= 11 is 0. The average molecular weight is 263 g/mol. The van der Waals surface area contributed by atoms with Gasteiger partial charge in [-0.05, 0) is 48.6 Å². The second-order valence-electron chi connectivity index (χ2n) is 5.76. The Morgan fingerprint density at radius 3 is 2.63 bits per heavy atom. The van der Waals surface area contributed by atoms with E-state index >= 15 is 0 Å². The van der Waals surface area contributed by atoms with Crippen LogP contribution in [-0.2, 0) is 4.74 Å². The molecule has 19 heavy (non-hydrogen) atoms. The first-order chi connectivity index (χ1) is 9.02. The number of ether oxygens (including phenoxy) is 2. The number of hydrogen-bond acceptors (Lipinski definition) is 3. The summed E-state index contributed by atoms with van der Waals surface area (Å²) in [7, 11) is 1.74. The molecule has 0 spiro atoms. The highest BCUT2D eigenvalue weighted by Gasteiger charge is 2.23. The first-order valence-electron chi connectivity index (χ1n) is 7.05. The van der Waals surface area contributed by atoms with Gasteiger partial charge >= 0.3 is 0 Å². The Labute approximate surface area is 116 Å². The molecule has 2 rings (SSSR count). The Balaban J connectivity index is 2.37. The molecule has 1 heterocycles. The maximum Gasteiger partial charge on any atom is 0.122 e. The lowest BCUT2D eigenvalue weighted by Crippen LogP contribution is -2.42. The molecule has 1 aromatic carbocycles. The minimum Gasteiger partial charge on any atom is -0.496 e. The van der Waals surface area contributed by atoms with Gasteiger partial charge in [-0.25, -0.2) is 0 Å². The van der Waals surface area contributed by atoms with E-state index in [0.717, 1.165) is 19.0 Å². The molecule has 0 aromatic heterocycles. The molecule has 1 fully saturated rings. The molecule has 0 aliphatic carbocycles. The van der Waals surface area contributed by atoms with Gasteiger partial charge in [-0.3, -0.25) is 0 Å². The fourth-order valence-electron chi connectivity index (χ4n) is 2.70. The molecule has 2 atom stereocenters. The fourth-order valence-corrected chi connectivity index (χ4v) is 2.70. The van der Waals surface area contributed by atoms with Crippen LogP contribution in [0.1, 0.15) is 49.4 Å². The van der Waals surface area contributed by atoms with Crippen LogP contribution in [0.25, 0.3) is 0 Å². The van der Waals surface area contributed by atoms with Crippen LogP contribution in [0.2, 0.25) is 0 Å².